The van der Waals surface area contributed by atoms with Crippen molar-refractivity contribution in [1.82, 2.24) is 4.98 Å². The van der Waals surface area contributed by atoms with Gasteiger partial charge >= 0.3 is 7.12 Å². The van der Waals surface area contributed by atoms with Crippen molar-refractivity contribution in [2.45, 2.75) is 38.9 Å². The first-order chi connectivity index (χ1) is 9.84. The fourth-order valence-electron chi connectivity index (χ4n) is 2.46. The van der Waals surface area contributed by atoms with Gasteiger partial charge in [0, 0.05) is 17.6 Å². The predicted molar refractivity (Wildman–Crippen MR) is 84.0 cm³/mol. The van der Waals surface area contributed by atoms with Crippen LogP contribution in [0.2, 0.25) is 0 Å². The molecule has 4 nitrogen and oxygen atoms in total. The number of benzene rings is 1. The Kier molecular flexibility index (Phi) is 3.22. The monoisotopic (exact) mass is 285 g/mol. The van der Waals surface area contributed by atoms with E-state index in [1.165, 1.54) is 0 Å². The molecule has 0 unspecified atom stereocenters. The van der Waals surface area contributed by atoms with Crippen molar-refractivity contribution in [3.8, 4) is 5.88 Å². The van der Waals surface area contributed by atoms with Gasteiger partial charge in [-0.25, -0.2) is 4.98 Å². The lowest BCUT2D eigenvalue weighted by Crippen LogP contribution is -2.41. The van der Waals surface area contributed by atoms with E-state index >= 15 is 0 Å². The highest BCUT2D eigenvalue weighted by atomic mass is 16.7. The molecule has 5 heteroatoms. The van der Waals surface area contributed by atoms with E-state index in [1.54, 1.807) is 7.11 Å². The minimum Gasteiger partial charge on any atom is -0.481 e. The molecule has 1 aromatic heterocycles. The normalized spacial score (nSPS) is 20.0. The highest BCUT2D eigenvalue weighted by molar-refractivity contribution is 6.65. The topological polar surface area (TPSA) is 40.6 Å². The zero-order chi connectivity index (χ0) is 15.3. The second kappa shape index (κ2) is 4.72. The van der Waals surface area contributed by atoms with Gasteiger partial charge in [-0.3, -0.25) is 0 Å². The molecule has 0 bridgehead atoms. The first-order valence-corrected chi connectivity index (χ1v) is 7.12. The van der Waals surface area contributed by atoms with E-state index in [9.17, 15) is 0 Å². The van der Waals surface area contributed by atoms with Crippen molar-refractivity contribution in [3.05, 3.63) is 30.5 Å². The molecule has 0 aliphatic carbocycles. The lowest BCUT2D eigenvalue weighted by Gasteiger charge is -2.32. The maximum Gasteiger partial charge on any atom is 0.495 e. The van der Waals surface area contributed by atoms with Gasteiger partial charge in [-0.1, -0.05) is 18.2 Å². The Bertz CT molecular complexity index is 668. The van der Waals surface area contributed by atoms with Crippen LogP contribution in [0.4, 0.5) is 0 Å². The predicted octanol–water partition coefficient (Wildman–Crippen LogP) is 2.54. The molecule has 1 aliphatic heterocycles. The average molecular weight is 285 g/mol. The second-order valence-electron chi connectivity index (χ2n) is 6.38. The summed E-state index contributed by atoms with van der Waals surface area (Å²) in [6.07, 6.45) is 1.81. The van der Waals surface area contributed by atoms with Crippen molar-refractivity contribution in [1.29, 1.82) is 0 Å². The molecule has 0 amide bonds. The van der Waals surface area contributed by atoms with Gasteiger partial charge in [0.15, 0.2) is 0 Å². The number of pyridine rings is 1. The second-order valence-corrected chi connectivity index (χ2v) is 6.38. The van der Waals surface area contributed by atoms with E-state index in [0.717, 1.165) is 16.2 Å². The fourth-order valence-corrected chi connectivity index (χ4v) is 2.46. The Labute approximate surface area is 125 Å². The number of hydrogen-bond donors (Lipinski definition) is 0. The first kappa shape index (κ1) is 14.4. The molecule has 0 radical (unpaired) electrons. The van der Waals surface area contributed by atoms with Gasteiger partial charge in [0.05, 0.1) is 18.3 Å². The quantitative estimate of drug-likeness (QED) is 0.795. The molecule has 110 valence electrons. The average Bonchev–Trinajstić information content (AvgIpc) is 2.66. The largest absolute Gasteiger partial charge is 0.495 e. The first-order valence-electron chi connectivity index (χ1n) is 7.12. The highest BCUT2D eigenvalue weighted by Crippen LogP contribution is 2.37. The Morgan fingerprint density at radius 2 is 1.76 bits per heavy atom. The van der Waals surface area contributed by atoms with Crippen LogP contribution in [0.15, 0.2) is 30.5 Å². The van der Waals surface area contributed by atoms with Crippen molar-refractivity contribution < 1.29 is 14.0 Å². The van der Waals surface area contributed by atoms with E-state index < -0.39 is 0 Å². The molecule has 1 saturated heterocycles. The van der Waals surface area contributed by atoms with Crippen LogP contribution in [0.1, 0.15) is 27.7 Å². The van der Waals surface area contributed by atoms with Gasteiger partial charge in [-0.05, 0) is 38.5 Å². The lowest BCUT2D eigenvalue weighted by molar-refractivity contribution is 0.00578. The molecule has 2 aromatic rings. The molecule has 0 spiro atoms. The summed E-state index contributed by atoms with van der Waals surface area (Å²) in [5.74, 6) is 0.605. The third kappa shape index (κ3) is 2.30. The van der Waals surface area contributed by atoms with Crippen LogP contribution in [0.3, 0.4) is 0 Å². The lowest BCUT2D eigenvalue weighted by atomic mass is 9.76. The van der Waals surface area contributed by atoms with Crippen molar-refractivity contribution in [3.63, 3.8) is 0 Å². The minimum absolute atomic E-state index is 0.347. The fraction of sp³-hybridized carbons (Fsp3) is 0.438. The highest BCUT2D eigenvalue weighted by Gasteiger charge is 2.52. The van der Waals surface area contributed by atoms with Gasteiger partial charge in [-0.15, -0.1) is 0 Å². The summed E-state index contributed by atoms with van der Waals surface area (Å²) >= 11 is 0. The molecule has 3 rings (SSSR count). The summed E-state index contributed by atoms with van der Waals surface area (Å²) in [7, 11) is 1.24. The van der Waals surface area contributed by atoms with Crippen LogP contribution < -0.4 is 10.2 Å². The molecule has 1 fully saturated rings. The van der Waals surface area contributed by atoms with Crippen LogP contribution >= 0.6 is 0 Å². The molecule has 0 saturated carbocycles. The van der Waals surface area contributed by atoms with Crippen molar-refractivity contribution in [2.24, 2.45) is 0 Å². The Balaban J connectivity index is 2.06. The summed E-state index contributed by atoms with van der Waals surface area (Å²) in [6.45, 7) is 8.22. The SMILES string of the molecule is COc1cc2cccc(B3OC(C)(C)C(C)(C)O3)c2cn1. The summed E-state index contributed by atoms with van der Waals surface area (Å²) in [4.78, 5) is 4.30. The standard InChI is InChI=1S/C16H20BNO3/c1-15(2)16(3,4)21-17(20-15)13-8-6-7-11-9-14(19-5)18-10-12(11)13/h6-10H,1-5H3. The molecule has 1 aromatic carbocycles. The Morgan fingerprint density at radius 1 is 1.10 bits per heavy atom. The summed E-state index contributed by atoms with van der Waals surface area (Å²) < 4.78 is 17.4. The van der Waals surface area contributed by atoms with Crippen LogP contribution in [-0.2, 0) is 9.31 Å². The third-order valence-corrected chi connectivity index (χ3v) is 4.49. The number of methoxy groups -OCH3 is 1. The Morgan fingerprint density at radius 3 is 2.38 bits per heavy atom. The summed E-state index contributed by atoms with van der Waals surface area (Å²) in [6, 6.07) is 7.99. The zero-order valence-corrected chi connectivity index (χ0v) is 13.1. The number of aromatic nitrogens is 1. The van der Waals surface area contributed by atoms with E-state index in [1.807, 2.05) is 30.5 Å². The molecular formula is C16H20BNO3. The van der Waals surface area contributed by atoms with E-state index in [2.05, 4.69) is 32.7 Å². The number of rotatable bonds is 2. The number of ether oxygens (including phenoxy) is 1. The van der Waals surface area contributed by atoms with Crippen LogP contribution in [-0.4, -0.2) is 30.4 Å². The zero-order valence-electron chi connectivity index (χ0n) is 13.1. The molecule has 21 heavy (non-hydrogen) atoms. The maximum atomic E-state index is 6.13. The van der Waals surface area contributed by atoms with Crippen LogP contribution in [0, 0.1) is 0 Å². The van der Waals surface area contributed by atoms with Crippen molar-refractivity contribution >= 4 is 23.4 Å². The van der Waals surface area contributed by atoms with Gasteiger partial charge in [0.1, 0.15) is 0 Å². The van der Waals surface area contributed by atoms with E-state index in [4.69, 9.17) is 14.0 Å². The van der Waals surface area contributed by atoms with Gasteiger partial charge in [0.2, 0.25) is 5.88 Å². The van der Waals surface area contributed by atoms with Gasteiger partial charge < -0.3 is 14.0 Å². The number of nitrogens with zero attached hydrogens (tertiary/aromatic N) is 1. The number of fused-ring (bicyclic) bond motifs is 1. The molecule has 0 N–H and O–H groups in total. The molecule has 1 aliphatic rings. The van der Waals surface area contributed by atoms with E-state index in [-0.39, 0.29) is 18.3 Å². The van der Waals surface area contributed by atoms with Crippen LogP contribution in [0.5, 0.6) is 5.88 Å². The van der Waals surface area contributed by atoms with Crippen LogP contribution in [0.25, 0.3) is 10.8 Å². The molecule has 0 atom stereocenters. The maximum absolute atomic E-state index is 6.13. The minimum atomic E-state index is -0.381. The summed E-state index contributed by atoms with van der Waals surface area (Å²) in [5, 5.41) is 2.09. The molecular weight excluding hydrogens is 265 g/mol. The number of hydrogen-bond acceptors (Lipinski definition) is 4. The van der Waals surface area contributed by atoms with Crippen molar-refractivity contribution in [2.75, 3.05) is 7.11 Å². The smallest absolute Gasteiger partial charge is 0.481 e. The third-order valence-electron chi connectivity index (χ3n) is 4.49. The molecule has 2 heterocycles. The Hall–Kier alpha value is -1.59. The van der Waals surface area contributed by atoms with Gasteiger partial charge in [0.25, 0.3) is 0 Å². The van der Waals surface area contributed by atoms with E-state index in [0.29, 0.717) is 5.88 Å². The van der Waals surface area contributed by atoms with Gasteiger partial charge in [-0.2, -0.15) is 0 Å². The summed E-state index contributed by atoms with van der Waals surface area (Å²) in [5.41, 5.74) is 0.306.